The lowest BCUT2D eigenvalue weighted by Gasteiger charge is -2.26. The summed E-state index contributed by atoms with van der Waals surface area (Å²) in [6.07, 6.45) is -4.60. The van der Waals surface area contributed by atoms with Crippen molar-refractivity contribution in [1.82, 2.24) is 15.1 Å². The molecular formula is C17H19F4N3O3. The van der Waals surface area contributed by atoms with Crippen molar-refractivity contribution in [1.29, 1.82) is 0 Å². The maximum absolute atomic E-state index is 14.0. The molecular weight excluding hydrogens is 370 g/mol. The SMILES string of the molecule is CC(C)(O)CCN(Cc1ccc(O)cc1F)C(=O)c1cc(C(F)(F)F)n[nH]1. The molecule has 0 aliphatic carbocycles. The third-order valence-corrected chi connectivity index (χ3v) is 3.78. The lowest BCUT2D eigenvalue weighted by atomic mass is 10.0. The van der Waals surface area contributed by atoms with Gasteiger partial charge in [-0.05, 0) is 26.3 Å². The average molecular weight is 389 g/mol. The number of amides is 1. The van der Waals surface area contributed by atoms with E-state index < -0.39 is 34.9 Å². The number of aromatic hydroxyl groups is 1. The summed E-state index contributed by atoms with van der Waals surface area (Å²) < 4.78 is 52.1. The van der Waals surface area contributed by atoms with Gasteiger partial charge in [-0.15, -0.1) is 0 Å². The summed E-state index contributed by atoms with van der Waals surface area (Å²) in [4.78, 5) is 13.7. The number of nitrogens with one attached hydrogen (secondary N) is 1. The molecule has 1 amide bonds. The molecule has 10 heteroatoms. The number of halogens is 4. The van der Waals surface area contributed by atoms with E-state index in [0.29, 0.717) is 6.07 Å². The predicted molar refractivity (Wildman–Crippen MR) is 87.3 cm³/mol. The highest BCUT2D eigenvalue weighted by molar-refractivity contribution is 5.92. The Labute approximate surface area is 152 Å². The number of H-pyrrole nitrogens is 1. The fourth-order valence-corrected chi connectivity index (χ4v) is 2.28. The lowest BCUT2D eigenvalue weighted by Crippen LogP contribution is -2.35. The van der Waals surface area contributed by atoms with Gasteiger partial charge in [-0.2, -0.15) is 18.3 Å². The van der Waals surface area contributed by atoms with Gasteiger partial charge in [0, 0.05) is 30.8 Å². The predicted octanol–water partition coefficient (Wildman–Crippen LogP) is 3.08. The van der Waals surface area contributed by atoms with E-state index >= 15 is 0 Å². The maximum Gasteiger partial charge on any atom is 0.435 e. The van der Waals surface area contributed by atoms with Crippen molar-refractivity contribution >= 4 is 5.91 Å². The van der Waals surface area contributed by atoms with E-state index in [9.17, 15) is 32.6 Å². The molecule has 2 aromatic rings. The van der Waals surface area contributed by atoms with E-state index in [4.69, 9.17) is 0 Å². The molecule has 0 saturated heterocycles. The number of carbonyl (C=O) groups excluding carboxylic acids is 1. The van der Waals surface area contributed by atoms with Gasteiger partial charge < -0.3 is 15.1 Å². The van der Waals surface area contributed by atoms with E-state index in [0.717, 1.165) is 11.0 Å². The lowest BCUT2D eigenvalue weighted by molar-refractivity contribution is -0.141. The third-order valence-electron chi connectivity index (χ3n) is 3.78. The molecule has 1 aromatic heterocycles. The quantitative estimate of drug-likeness (QED) is 0.663. The highest BCUT2D eigenvalue weighted by Gasteiger charge is 2.35. The molecule has 0 radical (unpaired) electrons. The summed E-state index contributed by atoms with van der Waals surface area (Å²) in [7, 11) is 0. The molecule has 0 aliphatic rings. The number of phenolic OH excluding ortho intramolecular Hbond substituents is 1. The van der Waals surface area contributed by atoms with Gasteiger partial charge in [-0.3, -0.25) is 9.89 Å². The molecule has 3 N–H and O–H groups in total. The fraction of sp³-hybridized carbons (Fsp3) is 0.412. The minimum Gasteiger partial charge on any atom is -0.508 e. The summed E-state index contributed by atoms with van der Waals surface area (Å²) in [6, 6.07) is 3.94. The Hall–Kier alpha value is -2.62. The summed E-state index contributed by atoms with van der Waals surface area (Å²) in [5, 5.41) is 24.3. The number of carbonyl (C=O) groups is 1. The smallest absolute Gasteiger partial charge is 0.435 e. The van der Waals surface area contributed by atoms with Crippen LogP contribution in [0.2, 0.25) is 0 Å². The van der Waals surface area contributed by atoms with Crippen LogP contribution in [0.1, 0.15) is 42.0 Å². The molecule has 27 heavy (non-hydrogen) atoms. The number of aromatic nitrogens is 2. The number of aliphatic hydroxyl groups is 1. The highest BCUT2D eigenvalue weighted by Crippen LogP contribution is 2.28. The Morgan fingerprint density at radius 3 is 2.44 bits per heavy atom. The summed E-state index contributed by atoms with van der Waals surface area (Å²) in [6.45, 7) is 2.72. The monoisotopic (exact) mass is 389 g/mol. The Bertz CT molecular complexity index is 812. The topological polar surface area (TPSA) is 89.4 Å². The third kappa shape index (κ3) is 5.68. The number of hydrogen-bond donors (Lipinski definition) is 3. The largest absolute Gasteiger partial charge is 0.508 e. The first kappa shape index (κ1) is 20.7. The van der Waals surface area contributed by atoms with Crippen molar-refractivity contribution in [3.8, 4) is 5.75 Å². The second kappa shape index (κ2) is 7.55. The van der Waals surface area contributed by atoms with Crippen LogP contribution in [0.25, 0.3) is 0 Å². The summed E-state index contributed by atoms with van der Waals surface area (Å²) in [5.41, 5.74) is -2.73. The number of rotatable bonds is 6. The molecule has 0 spiro atoms. The number of hydrogen-bond acceptors (Lipinski definition) is 4. The zero-order valence-corrected chi connectivity index (χ0v) is 14.6. The average Bonchev–Trinajstić information content (AvgIpc) is 3.02. The van der Waals surface area contributed by atoms with Crippen molar-refractivity contribution in [3.63, 3.8) is 0 Å². The Kier molecular flexibility index (Phi) is 5.79. The van der Waals surface area contributed by atoms with Crippen molar-refractivity contribution in [2.45, 2.75) is 38.6 Å². The second-order valence-electron chi connectivity index (χ2n) is 6.73. The first-order valence-electron chi connectivity index (χ1n) is 7.98. The minimum atomic E-state index is -4.71. The summed E-state index contributed by atoms with van der Waals surface area (Å²) >= 11 is 0. The molecule has 0 saturated carbocycles. The van der Waals surface area contributed by atoms with Gasteiger partial charge in [0.25, 0.3) is 5.91 Å². The number of nitrogens with zero attached hydrogens (tertiary/aromatic N) is 2. The van der Waals surface area contributed by atoms with Crippen LogP contribution < -0.4 is 0 Å². The van der Waals surface area contributed by atoms with Crippen LogP contribution in [0.4, 0.5) is 17.6 Å². The van der Waals surface area contributed by atoms with Crippen molar-refractivity contribution < 1.29 is 32.6 Å². The molecule has 0 bridgehead atoms. The van der Waals surface area contributed by atoms with Crippen LogP contribution in [-0.2, 0) is 12.7 Å². The standard InChI is InChI=1S/C17H19F4N3O3/c1-16(2,27)5-6-24(9-10-3-4-11(25)7-12(10)18)15(26)13-8-14(23-22-13)17(19,20)21/h3-4,7-8,25,27H,5-6,9H2,1-2H3,(H,22,23). The molecule has 0 unspecified atom stereocenters. The van der Waals surface area contributed by atoms with Crippen molar-refractivity contribution in [2.75, 3.05) is 6.54 Å². The first-order chi connectivity index (χ1) is 12.4. The molecule has 0 atom stereocenters. The Balaban J connectivity index is 2.28. The van der Waals surface area contributed by atoms with Gasteiger partial charge in [0.2, 0.25) is 0 Å². The summed E-state index contributed by atoms with van der Waals surface area (Å²) in [5.74, 6) is -1.89. The highest BCUT2D eigenvalue weighted by atomic mass is 19.4. The molecule has 6 nitrogen and oxygen atoms in total. The normalized spacial score (nSPS) is 12.3. The Morgan fingerprint density at radius 2 is 1.93 bits per heavy atom. The number of benzene rings is 1. The van der Waals surface area contributed by atoms with Crippen molar-refractivity contribution in [3.05, 3.63) is 47.0 Å². The van der Waals surface area contributed by atoms with Crippen LogP contribution in [0, 0.1) is 5.82 Å². The zero-order chi connectivity index (χ0) is 20.4. The van der Waals surface area contributed by atoms with Crippen LogP contribution in [0.15, 0.2) is 24.3 Å². The van der Waals surface area contributed by atoms with Gasteiger partial charge in [0.05, 0.1) is 5.60 Å². The van der Waals surface area contributed by atoms with Crippen LogP contribution in [0.5, 0.6) is 5.75 Å². The van der Waals surface area contributed by atoms with E-state index in [2.05, 4.69) is 5.10 Å². The van der Waals surface area contributed by atoms with Gasteiger partial charge >= 0.3 is 6.18 Å². The Morgan fingerprint density at radius 1 is 1.26 bits per heavy atom. The number of aromatic amines is 1. The van der Waals surface area contributed by atoms with Crippen LogP contribution >= 0.6 is 0 Å². The maximum atomic E-state index is 14.0. The fourth-order valence-electron chi connectivity index (χ4n) is 2.28. The van der Waals surface area contributed by atoms with Gasteiger partial charge in [0.1, 0.15) is 17.3 Å². The van der Waals surface area contributed by atoms with E-state index in [-0.39, 0.29) is 30.8 Å². The van der Waals surface area contributed by atoms with Gasteiger partial charge in [-0.1, -0.05) is 6.07 Å². The zero-order valence-electron chi connectivity index (χ0n) is 14.6. The molecule has 148 valence electrons. The minimum absolute atomic E-state index is 0.0387. The number of alkyl halides is 3. The molecule has 1 heterocycles. The van der Waals surface area contributed by atoms with Crippen LogP contribution in [-0.4, -0.2) is 43.4 Å². The van der Waals surface area contributed by atoms with E-state index in [1.807, 2.05) is 5.10 Å². The molecule has 0 aliphatic heterocycles. The molecule has 2 rings (SSSR count). The van der Waals surface area contributed by atoms with E-state index in [1.165, 1.54) is 26.0 Å². The van der Waals surface area contributed by atoms with Crippen molar-refractivity contribution in [2.24, 2.45) is 0 Å². The van der Waals surface area contributed by atoms with Gasteiger partial charge in [-0.25, -0.2) is 4.39 Å². The first-order valence-corrected chi connectivity index (χ1v) is 7.98. The second-order valence-corrected chi connectivity index (χ2v) is 6.73. The van der Waals surface area contributed by atoms with Gasteiger partial charge in [0.15, 0.2) is 5.69 Å². The number of phenols is 1. The van der Waals surface area contributed by atoms with Crippen LogP contribution in [0.3, 0.4) is 0 Å². The molecule has 1 aromatic carbocycles. The molecule has 0 fully saturated rings. The van der Waals surface area contributed by atoms with E-state index in [1.54, 1.807) is 0 Å².